The van der Waals surface area contributed by atoms with Gasteiger partial charge in [0.05, 0.1) is 17.1 Å². The highest BCUT2D eigenvalue weighted by Crippen LogP contribution is 2.31. The van der Waals surface area contributed by atoms with Crippen LogP contribution in [0, 0.1) is 13.8 Å². The second kappa shape index (κ2) is 7.20. The third-order valence-electron chi connectivity index (χ3n) is 5.18. The van der Waals surface area contributed by atoms with E-state index in [-0.39, 0.29) is 5.91 Å². The van der Waals surface area contributed by atoms with Crippen molar-refractivity contribution < 1.29 is 4.79 Å². The number of hydrogen-bond donors (Lipinski definition) is 1. The van der Waals surface area contributed by atoms with Crippen molar-refractivity contribution in [2.24, 2.45) is 0 Å². The average molecular weight is 391 g/mol. The fourth-order valence-corrected chi connectivity index (χ4v) is 4.01. The number of nitrogens with zero attached hydrogens (tertiary/aromatic N) is 3. The van der Waals surface area contributed by atoms with Gasteiger partial charge in [0.15, 0.2) is 5.11 Å². The molecule has 142 valence electrons. The second-order valence-electron chi connectivity index (χ2n) is 6.91. The molecule has 0 spiro atoms. The molecule has 0 radical (unpaired) electrons. The fourth-order valence-electron chi connectivity index (χ4n) is 3.69. The minimum atomic E-state index is -0.532. The highest BCUT2D eigenvalue weighted by Gasteiger charge is 2.40. The van der Waals surface area contributed by atoms with Gasteiger partial charge in [-0.15, -0.1) is 0 Å². The quantitative estimate of drug-likeness (QED) is 0.684. The normalized spacial score (nSPS) is 16.5. The summed E-state index contributed by atoms with van der Waals surface area (Å²) in [7, 11) is 0. The van der Waals surface area contributed by atoms with Crippen LogP contribution in [0.3, 0.4) is 0 Å². The molecule has 4 rings (SSSR count). The van der Waals surface area contributed by atoms with Crippen molar-refractivity contribution >= 4 is 28.9 Å². The molecule has 6 heteroatoms. The van der Waals surface area contributed by atoms with E-state index in [1.807, 2.05) is 73.1 Å². The number of rotatable bonds is 4. The van der Waals surface area contributed by atoms with Crippen molar-refractivity contribution in [2.75, 3.05) is 4.90 Å². The largest absolute Gasteiger partial charge is 0.346 e. The second-order valence-corrected chi connectivity index (χ2v) is 7.29. The summed E-state index contributed by atoms with van der Waals surface area (Å²) in [6.45, 7) is 6.02. The Hall–Kier alpha value is -2.99. The highest BCUT2D eigenvalue weighted by molar-refractivity contribution is 7.80. The molecule has 1 atom stereocenters. The van der Waals surface area contributed by atoms with Crippen molar-refractivity contribution in [3.8, 4) is 5.69 Å². The molecule has 0 saturated carbocycles. The smallest absolute Gasteiger partial charge is 0.260 e. The summed E-state index contributed by atoms with van der Waals surface area (Å²) in [5, 5.41) is 8.29. The first-order valence-corrected chi connectivity index (χ1v) is 9.77. The van der Waals surface area contributed by atoms with Crippen LogP contribution in [-0.4, -0.2) is 20.8 Å². The molecule has 5 nitrogen and oxygen atoms in total. The zero-order valence-corrected chi connectivity index (χ0v) is 17.0. The van der Waals surface area contributed by atoms with Crippen LogP contribution < -0.4 is 10.2 Å². The number of hydrogen-bond acceptors (Lipinski definition) is 3. The van der Waals surface area contributed by atoms with E-state index < -0.39 is 6.04 Å². The van der Waals surface area contributed by atoms with Crippen LogP contribution in [0.1, 0.15) is 35.5 Å². The molecule has 0 bridgehead atoms. The Labute approximate surface area is 170 Å². The Morgan fingerprint density at radius 2 is 1.71 bits per heavy atom. The molecule has 1 aliphatic rings. The van der Waals surface area contributed by atoms with Gasteiger partial charge >= 0.3 is 0 Å². The third kappa shape index (κ3) is 2.99. The predicted molar refractivity (Wildman–Crippen MR) is 115 cm³/mol. The van der Waals surface area contributed by atoms with Gasteiger partial charge in [-0.1, -0.05) is 37.3 Å². The standard InChI is InChI=1S/C22H22N4OS/c1-4-16-10-12-17(13-11-16)25-21(27)20(23-22(25)28)19-14(2)24-26(15(19)3)18-8-6-5-7-9-18/h5-13,20H,4H2,1-3H3,(H,23,28)/t20-/m0/s1. The summed E-state index contributed by atoms with van der Waals surface area (Å²) >= 11 is 5.49. The predicted octanol–water partition coefficient (Wildman–Crippen LogP) is 4.01. The molecular formula is C22H22N4OS. The number of nitrogens with one attached hydrogen (secondary N) is 1. The van der Waals surface area contributed by atoms with Gasteiger partial charge in [0.25, 0.3) is 5.91 Å². The first-order chi connectivity index (χ1) is 13.5. The van der Waals surface area contributed by atoms with E-state index in [9.17, 15) is 4.79 Å². The van der Waals surface area contributed by atoms with Gasteiger partial charge in [-0.2, -0.15) is 5.10 Å². The SMILES string of the molecule is CCc1ccc(N2C(=O)[C@H](c3c(C)nn(-c4ccccc4)c3C)NC2=S)cc1. The lowest BCUT2D eigenvalue weighted by molar-refractivity contribution is -0.118. The minimum absolute atomic E-state index is 0.0759. The number of aromatic nitrogens is 2. The summed E-state index contributed by atoms with van der Waals surface area (Å²) in [6.07, 6.45) is 0.955. The lowest BCUT2D eigenvalue weighted by Crippen LogP contribution is -2.30. The highest BCUT2D eigenvalue weighted by atomic mass is 32.1. The molecule has 0 unspecified atom stereocenters. The number of carbonyl (C=O) groups excluding carboxylic acids is 1. The molecular weight excluding hydrogens is 368 g/mol. The van der Waals surface area contributed by atoms with Crippen molar-refractivity contribution in [1.29, 1.82) is 0 Å². The van der Waals surface area contributed by atoms with E-state index in [0.717, 1.165) is 34.7 Å². The Bertz CT molecular complexity index is 1040. The van der Waals surface area contributed by atoms with Gasteiger partial charge in [-0.3, -0.25) is 9.69 Å². The minimum Gasteiger partial charge on any atom is -0.346 e. The van der Waals surface area contributed by atoms with E-state index >= 15 is 0 Å². The third-order valence-corrected chi connectivity index (χ3v) is 5.48. The Kier molecular flexibility index (Phi) is 4.73. The molecule has 1 saturated heterocycles. The summed E-state index contributed by atoms with van der Waals surface area (Å²) < 4.78 is 1.88. The van der Waals surface area contributed by atoms with Crippen LogP contribution in [0.4, 0.5) is 5.69 Å². The maximum atomic E-state index is 13.3. The maximum absolute atomic E-state index is 13.3. The number of carbonyl (C=O) groups is 1. The molecule has 1 amide bonds. The number of para-hydroxylation sites is 1. The van der Waals surface area contributed by atoms with Gasteiger partial charge in [-0.25, -0.2) is 4.68 Å². The molecule has 28 heavy (non-hydrogen) atoms. The van der Waals surface area contributed by atoms with Crippen molar-refractivity contribution in [3.05, 3.63) is 77.1 Å². The van der Waals surface area contributed by atoms with Gasteiger partial charge in [0.1, 0.15) is 6.04 Å². The van der Waals surface area contributed by atoms with Gasteiger partial charge < -0.3 is 5.32 Å². The zero-order chi connectivity index (χ0) is 19.8. The molecule has 3 aromatic rings. The monoisotopic (exact) mass is 390 g/mol. The molecule has 1 aliphatic heterocycles. The summed E-state index contributed by atoms with van der Waals surface area (Å²) in [4.78, 5) is 14.8. The molecule has 2 aromatic carbocycles. The fraction of sp³-hybridized carbons (Fsp3) is 0.227. The van der Waals surface area contributed by atoms with Gasteiger partial charge in [0.2, 0.25) is 0 Å². The van der Waals surface area contributed by atoms with Crippen LogP contribution in [0.25, 0.3) is 5.69 Å². The average Bonchev–Trinajstić information content (AvgIpc) is 3.17. The number of anilines is 1. The molecule has 1 aromatic heterocycles. The summed E-state index contributed by atoms with van der Waals surface area (Å²) in [5.41, 5.74) is 5.60. The van der Waals surface area contributed by atoms with Crippen LogP contribution in [-0.2, 0) is 11.2 Å². The Morgan fingerprint density at radius 3 is 2.36 bits per heavy atom. The van der Waals surface area contributed by atoms with Crippen LogP contribution in [0.15, 0.2) is 54.6 Å². The Balaban J connectivity index is 1.70. The molecule has 1 N–H and O–H groups in total. The lowest BCUT2D eigenvalue weighted by Gasteiger charge is -2.15. The Morgan fingerprint density at radius 1 is 1.04 bits per heavy atom. The van der Waals surface area contributed by atoms with Crippen LogP contribution in [0.5, 0.6) is 0 Å². The van der Waals surface area contributed by atoms with Gasteiger partial charge in [0, 0.05) is 11.3 Å². The van der Waals surface area contributed by atoms with Crippen LogP contribution in [0.2, 0.25) is 0 Å². The van der Waals surface area contributed by atoms with E-state index in [4.69, 9.17) is 12.2 Å². The summed E-state index contributed by atoms with van der Waals surface area (Å²) in [6, 6.07) is 17.3. The maximum Gasteiger partial charge on any atom is 0.260 e. The zero-order valence-electron chi connectivity index (χ0n) is 16.1. The molecule has 1 fully saturated rings. The van der Waals surface area contributed by atoms with E-state index in [2.05, 4.69) is 17.3 Å². The van der Waals surface area contributed by atoms with Crippen LogP contribution >= 0.6 is 12.2 Å². The number of amides is 1. The first-order valence-electron chi connectivity index (χ1n) is 9.36. The van der Waals surface area contributed by atoms with E-state index in [1.165, 1.54) is 5.56 Å². The molecule has 0 aliphatic carbocycles. The first kappa shape index (κ1) is 18.4. The topological polar surface area (TPSA) is 50.2 Å². The number of thiocarbonyl (C=S) groups is 1. The number of aryl methyl sites for hydroxylation is 2. The van der Waals surface area contributed by atoms with E-state index in [0.29, 0.717) is 5.11 Å². The summed E-state index contributed by atoms with van der Waals surface area (Å²) in [5.74, 6) is -0.0759. The van der Waals surface area contributed by atoms with Crippen molar-refractivity contribution in [3.63, 3.8) is 0 Å². The van der Waals surface area contributed by atoms with Crippen molar-refractivity contribution in [2.45, 2.75) is 33.2 Å². The van der Waals surface area contributed by atoms with E-state index in [1.54, 1.807) is 4.90 Å². The lowest BCUT2D eigenvalue weighted by atomic mass is 10.0. The number of benzene rings is 2. The molecule has 2 heterocycles. The van der Waals surface area contributed by atoms with Gasteiger partial charge in [-0.05, 0) is 62.3 Å². The van der Waals surface area contributed by atoms with Crippen molar-refractivity contribution in [1.82, 2.24) is 15.1 Å².